The van der Waals surface area contributed by atoms with Gasteiger partial charge in [0.25, 0.3) is 0 Å². The molecule has 1 aromatic carbocycles. The van der Waals surface area contributed by atoms with E-state index in [4.69, 9.17) is 9.47 Å². The van der Waals surface area contributed by atoms with Crippen LogP contribution in [0.25, 0.3) is 0 Å². The zero-order chi connectivity index (χ0) is 18.4. The molecule has 6 nitrogen and oxygen atoms in total. The third-order valence-corrected chi connectivity index (χ3v) is 6.21. The second-order valence-electron chi connectivity index (χ2n) is 6.36. The first-order valence-corrected chi connectivity index (χ1v) is 10.1. The number of benzene rings is 1. The van der Waals surface area contributed by atoms with Crippen LogP contribution >= 0.6 is 0 Å². The van der Waals surface area contributed by atoms with Gasteiger partial charge in [-0.1, -0.05) is 0 Å². The minimum Gasteiger partial charge on any atom is -0.492 e. The van der Waals surface area contributed by atoms with E-state index < -0.39 is 10.0 Å². The van der Waals surface area contributed by atoms with Crippen LogP contribution in [0.4, 0.5) is 4.39 Å². The highest BCUT2D eigenvalue weighted by molar-refractivity contribution is 7.89. The van der Waals surface area contributed by atoms with Crippen LogP contribution in [0.5, 0.6) is 5.75 Å². The Morgan fingerprint density at radius 2 is 1.72 bits per heavy atom. The first kappa shape index (κ1) is 20.1. The van der Waals surface area contributed by atoms with Gasteiger partial charge in [0.1, 0.15) is 18.2 Å². The van der Waals surface area contributed by atoms with E-state index in [0.717, 1.165) is 6.54 Å². The molecule has 0 radical (unpaired) electrons. The normalized spacial score (nSPS) is 22.9. The second-order valence-corrected chi connectivity index (χ2v) is 8.45. The molecule has 1 fully saturated rings. The van der Waals surface area contributed by atoms with Crippen LogP contribution in [0.1, 0.15) is 13.8 Å². The molecule has 0 aliphatic carbocycles. The summed E-state index contributed by atoms with van der Waals surface area (Å²) in [6, 6.07) is 5.80. The predicted molar refractivity (Wildman–Crippen MR) is 94.8 cm³/mol. The Morgan fingerprint density at radius 1 is 1.12 bits per heavy atom. The largest absolute Gasteiger partial charge is 0.492 e. The van der Waals surface area contributed by atoms with Crippen molar-refractivity contribution < 1.29 is 22.3 Å². The van der Waals surface area contributed by atoms with Crippen LogP contribution in [-0.4, -0.2) is 75.4 Å². The van der Waals surface area contributed by atoms with Gasteiger partial charge in [0, 0.05) is 38.8 Å². The highest BCUT2D eigenvalue weighted by Crippen LogP contribution is 2.19. The summed E-state index contributed by atoms with van der Waals surface area (Å²) in [6.45, 7) is 6.46. The fraction of sp³-hybridized carbons (Fsp3) is 0.647. The molecule has 2 rings (SSSR count). The summed E-state index contributed by atoms with van der Waals surface area (Å²) in [4.78, 5) is 2.27. The number of hydrogen-bond acceptors (Lipinski definition) is 5. The Bertz CT molecular complexity index is 627. The summed E-state index contributed by atoms with van der Waals surface area (Å²) in [5, 5.41) is 0. The number of halogens is 1. The maximum atomic E-state index is 12.9. The molecule has 0 saturated carbocycles. The van der Waals surface area contributed by atoms with E-state index in [0.29, 0.717) is 25.4 Å². The molecule has 0 N–H and O–H groups in total. The minimum absolute atomic E-state index is 0.0423. The fourth-order valence-electron chi connectivity index (χ4n) is 3.10. The van der Waals surface area contributed by atoms with Crippen molar-refractivity contribution in [3.05, 3.63) is 30.1 Å². The van der Waals surface area contributed by atoms with E-state index in [-0.39, 0.29) is 30.3 Å². The number of rotatable bonds is 8. The van der Waals surface area contributed by atoms with E-state index in [9.17, 15) is 12.8 Å². The molecule has 1 heterocycles. The lowest BCUT2D eigenvalue weighted by molar-refractivity contribution is 0.0495. The predicted octanol–water partition coefficient (Wildman–Crippen LogP) is 1.58. The van der Waals surface area contributed by atoms with Crippen molar-refractivity contribution >= 4 is 10.0 Å². The lowest BCUT2D eigenvalue weighted by Gasteiger charge is -2.43. The van der Waals surface area contributed by atoms with Crippen LogP contribution in [-0.2, 0) is 14.8 Å². The van der Waals surface area contributed by atoms with E-state index in [1.165, 1.54) is 24.3 Å². The van der Waals surface area contributed by atoms with Crippen molar-refractivity contribution in [2.45, 2.75) is 25.9 Å². The molecular formula is C17H27FN2O4S. The third kappa shape index (κ3) is 5.64. The number of nitrogens with zero attached hydrogens (tertiary/aromatic N) is 2. The molecule has 1 aliphatic heterocycles. The van der Waals surface area contributed by atoms with Crippen LogP contribution in [0, 0.1) is 5.82 Å². The molecule has 1 aliphatic rings. The molecule has 25 heavy (non-hydrogen) atoms. The monoisotopic (exact) mass is 374 g/mol. The van der Waals surface area contributed by atoms with E-state index in [1.807, 2.05) is 13.8 Å². The minimum atomic E-state index is -3.40. The van der Waals surface area contributed by atoms with Gasteiger partial charge in [0.2, 0.25) is 10.0 Å². The quantitative estimate of drug-likeness (QED) is 0.691. The zero-order valence-electron chi connectivity index (χ0n) is 15.0. The van der Waals surface area contributed by atoms with Gasteiger partial charge in [0.05, 0.1) is 12.4 Å². The van der Waals surface area contributed by atoms with E-state index >= 15 is 0 Å². The third-order valence-electron chi connectivity index (χ3n) is 4.44. The number of methoxy groups -OCH3 is 1. The first-order valence-electron chi connectivity index (χ1n) is 8.44. The lowest BCUT2D eigenvalue weighted by atomic mass is 10.1. The fourth-order valence-corrected chi connectivity index (χ4v) is 4.54. The summed E-state index contributed by atoms with van der Waals surface area (Å²) in [6.07, 6.45) is 0. The van der Waals surface area contributed by atoms with Crippen molar-refractivity contribution in [3.8, 4) is 5.75 Å². The molecule has 142 valence electrons. The van der Waals surface area contributed by atoms with Crippen LogP contribution in [0.3, 0.4) is 0 Å². The molecule has 0 amide bonds. The molecule has 1 saturated heterocycles. The number of sulfonamides is 1. The highest BCUT2D eigenvalue weighted by atomic mass is 32.2. The molecule has 2 unspecified atom stereocenters. The second kappa shape index (κ2) is 8.93. The van der Waals surface area contributed by atoms with Crippen LogP contribution < -0.4 is 4.74 Å². The Labute approximate surface area is 149 Å². The molecule has 0 spiro atoms. The average molecular weight is 374 g/mol. The van der Waals surface area contributed by atoms with Crippen molar-refractivity contribution in [1.29, 1.82) is 0 Å². The average Bonchev–Trinajstić information content (AvgIpc) is 2.56. The van der Waals surface area contributed by atoms with Gasteiger partial charge in [-0.3, -0.25) is 4.90 Å². The number of ether oxygens (including phenoxy) is 2. The maximum Gasteiger partial charge on any atom is 0.217 e. The molecule has 0 bridgehead atoms. The number of hydrogen-bond donors (Lipinski definition) is 0. The molecule has 8 heteroatoms. The standard InChI is InChI=1S/C17H27FN2O4S/c1-14-12-19(13-15(2)20(14)8-9-23-3)25(21,22)11-10-24-17-6-4-16(18)5-7-17/h4-7,14-15H,8-13H2,1-3H3. The van der Waals surface area contributed by atoms with E-state index in [2.05, 4.69) is 4.90 Å². The van der Waals surface area contributed by atoms with Gasteiger partial charge in [-0.2, -0.15) is 4.31 Å². The molecule has 1 aromatic rings. The maximum absolute atomic E-state index is 12.9. The summed E-state index contributed by atoms with van der Waals surface area (Å²) >= 11 is 0. The van der Waals surface area contributed by atoms with Gasteiger partial charge < -0.3 is 9.47 Å². The van der Waals surface area contributed by atoms with Crippen molar-refractivity contribution in [2.75, 3.05) is 45.7 Å². The highest BCUT2D eigenvalue weighted by Gasteiger charge is 2.34. The smallest absolute Gasteiger partial charge is 0.217 e. The van der Waals surface area contributed by atoms with Crippen molar-refractivity contribution in [2.24, 2.45) is 0 Å². The molecule has 0 aromatic heterocycles. The van der Waals surface area contributed by atoms with Gasteiger partial charge in [-0.15, -0.1) is 0 Å². The van der Waals surface area contributed by atoms with Gasteiger partial charge in [-0.05, 0) is 38.1 Å². The van der Waals surface area contributed by atoms with Crippen LogP contribution in [0.2, 0.25) is 0 Å². The Balaban J connectivity index is 1.88. The first-order chi connectivity index (χ1) is 11.8. The molecular weight excluding hydrogens is 347 g/mol. The van der Waals surface area contributed by atoms with E-state index in [1.54, 1.807) is 11.4 Å². The van der Waals surface area contributed by atoms with Gasteiger partial charge >= 0.3 is 0 Å². The van der Waals surface area contributed by atoms with Gasteiger partial charge in [0.15, 0.2) is 0 Å². The van der Waals surface area contributed by atoms with Crippen molar-refractivity contribution in [1.82, 2.24) is 9.21 Å². The van der Waals surface area contributed by atoms with Gasteiger partial charge in [-0.25, -0.2) is 12.8 Å². The van der Waals surface area contributed by atoms with Crippen LogP contribution in [0.15, 0.2) is 24.3 Å². The summed E-state index contributed by atoms with van der Waals surface area (Å²) < 4.78 is 50.1. The Hall–Kier alpha value is -1.22. The Morgan fingerprint density at radius 3 is 2.28 bits per heavy atom. The van der Waals surface area contributed by atoms with Crippen molar-refractivity contribution in [3.63, 3.8) is 0 Å². The molecule has 2 atom stereocenters. The lowest BCUT2D eigenvalue weighted by Crippen LogP contribution is -2.59. The summed E-state index contributed by atoms with van der Waals surface area (Å²) in [5.41, 5.74) is 0. The summed E-state index contributed by atoms with van der Waals surface area (Å²) in [5.74, 6) is 0.0130. The summed E-state index contributed by atoms with van der Waals surface area (Å²) in [7, 11) is -1.73. The zero-order valence-corrected chi connectivity index (χ0v) is 15.8. The Kier molecular flexibility index (Phi) is 7.18. The topological polar surface area (TPSA) is 59.1 Å². The number of piperazine rings is 1. The SMILES string of the molecule is COCCN1C(C)CN(S(=O)(=O)CCOc2ccc(F)cc2)CC1C.